The Bertz CT molecular complexity index is 756. The second kappa shape index (κ2) is 7.83. The van der Waals surface area contributed by atoms with E-state index in [-0.39, 0.29) is 24.8 Å². The zero-order valence-electron chi connectivity index (χ0n) is 14.1. The van der Waals surface area contributed by atoms with E-state index < -0.39 is 15.9 Å². The number of quaternary nitrogens is 1. The number of hydrogen-bond donors (Lipinski definition) is 1. The number of carbonyl (C=O) groups excluding carboxylic acids is 1. The number of carbonyl (C=O) groups is 1. The minimum Gasteiger partial charge on any atom is -0.621 e. The molecule has 1 aromatic carbocycles. The highest BCUT2D eigenvalue weighted by molar-refractivity contribution is 5.71. The molecular formula is C15H19N5O5. The third kappa shape index (κ3) is 4.59. The zero-order valence-corrected chi connectivity index (χ0v) is 14.1. The molecular weight excluding hydrogens is 330 g/mol. The van der Waals surface area contributed by atoms with Crippen molar-refractivity contribution in [2.24, 2.45) is 7.05 Å². The highest BCUT2D eigenvalue weighted by atomic mass is 16.6. The summed E-state index contributed by atoms with van der Waals surface area (Å²) in [5.41, 5.74) is 0.823. The fraction of sp³-hybridized carbons (Fsp3) is 0.333. The van der Waals surface area contributed by atoms with Crippen LogP contribution in [0.4, 0.5) is 11.6 Å². The summed E-state index contributed by atoms with van der Waals surface area (Å²) in [6.45, 7) is 0.139. The van der Waals surface area contributed by atoms with Crippen LogP contribution in [-0.4, -0.2) is 45.9 Å². The van der Waals surface area contributed by atoms with E-state index in [0.29, 0.717) is 11.4 Å². The number of benzene rings is 1. The van der Waals surface area contributed by atoms with Crippen LogP contribution in [0.3, 0.4) is 0 Å². The molecule has 1 aromatic heterocycles. The van der Waals surface area contributed by atoms with E-state index in [0.717, 1.165) is 0 Å². The lowest BCUT2D eigenvalue weighted by molar-refractivity contribution is -0.689. The van der Waals surface area contributed by atoms with Gasteiger partial charge in [0.05, 0.1) is 7.05 Å². The van der Waals surface area contributed by atoms with Crippen LogP contribution in [0.25, 0.3) is 0 Å². The Hall–Kier alpha value is -2.82. The zero-order chi connectivity index (χ0) is 18.6. The minimum atomic E-state index is -0.575. The molecule has 1 heterocycles. The first-order chi connectivity index (χ1) is 11.8. The van der Waals surface area contributed by atoms with Crippen LogP contribution in [-0.2, 0) is 18.4 Å². The van der Waals surface area contributed by atoms with Crippen molar-refractivity contribution in [2.75, 3.05) is 20.6 Å². The number of likely N-dealkylation sites (N-methyl/N-ethyl adjacent to an activating group) is 1. The van der Waals surface area contributed by atoms with Crippen molar-refractivity contribution >= 4 is 17.5 Å². The normalized spacial score (nSPS) is 12.2. The molecule has 1 amide bonds. The predicted molar refractivity (Wildman–Crippen MR) is 88.2 cm³/mol. The Morgan fingerprint density at radius 1 is 1.36 bits per heavy atom. The molecule has 1 N–H and O–H groups in total. The van der Waals surface area contributed by atoms with E-state index in [1.165, 1.54) is 29.9 Å². The van der Waals surface area contributed by atoms with Gasteiger partial charge in [-0.3, -0.25) is 9.96 Å². The largest absolute Gasteiger partial charge is 0.621 e. The summed E-state index contributed by atoms with van der Waals surface area (Å²) in [5.74, 6) is -0.278. The van der Waals surface area contributed by atoms with Gasteiger partial charge >= 0.3 is 11.9 Å². The summed E-state index contributed by atoms with van der Waals surface area (Å²) < 4.78 is 6.87. The molecule has 10 heteroatoms. The topological polar surface area (TPSA) is 118 Å². The first-order valence-electron chi connectivity index (χ1n) is 7.39. The van der Waals surface area contributed by atoms with Crippen molar-refractivity contribution in [3.63, 3.8) is 0 Å². The summed E-state index contributed by atoms with van der Waals surface area (Å²) in [6.07, 6.45) is 1.37. The fourth-order valence-electron chi connectivity index (χ4n) is 2.12. The maximum absolute atomic E-state index is 12.0. The number of rotatable bonds is 7. The van der Waals surface area contributed by atoms with Crippen LogP contribution in [0, 0.1) is 15.3 Å². The van der Waals surface area contributed by atoms with Gasteiger partial charge in [-0.25, -0.2) is 9.36 Å². The van der Waals surface area contributed by atoms with E-state index in [1.54, 1.807) is 31.1 Å². The molecule has 0 aliphatic rings. The van der Waals surface area contributed by atoms with E-state index in [2.05, 4.69) is 4.98 Å². The number of amides is 1. The summed E-state index contributed by atoms with van der Waals surface area (Å²) in [5, 5.41) is 22.2. The minimum absolute atomic E-state index is 0.0519. The molecule has 0 aliphatic heterocycles. The summed E-state index contributed by atoms with van der Waals surface area (Å²) >= 11 is 0. The molecule has 25 heavy (non-hydrogen) atoms. The number of nitro groups is 1. The summed E-state index contributed by atoms with van der Waals surface area (Å²) in [4.78, 5) is 27.3. The van der Waals surface area contributed by atoms with E-state index in [1.807, 2.05) is 0 Å². The Kier molecular flexibility index (Phi) is 5.80. The Morgan fingerprint density at radius 3 is 2.52 bits per heavy atom. The Morgan fingerprint density at radius 2 is 2.00 bits per heavy atom. The molecule has 1 atom stereocenters. The van der Waals surface area contributed by atoms with Crippen molar-refractivity contribution in [1.29, 1.82) is 0 Å². The van der Waals surface area contributed by atoms with Gasteiger partial charge in [0, 0.05) is 12.1 Å². The number of imidazole rings is 1. The fourth-order valence-corrected chi connectivity index (χ4v) is 2.12. The first kappa shape index (κ1) is 18.5. The van der Waals surface area contributed by atoms with Gasteiger partial charge in [-0.2, -0.15) is 0 Å². The molecule has 0 aliphatic carbocycles. The molecule has 1 unspecified atom stereocenters. The maximum Gasteiger partial charge on any atom is 0.434 e. The number of nitrogens with one attached hydrogen (secondary N) is 1. The summed E-state index contributed by atoms with van der Waals surface area (Å²) in [6, 6.07) is 6.16. The Labute approximate surface area is 144 Å². The molecule has 2 rings (SSSR count). The van der Waals surface area contributed by atoms with Gasteiger partial charge in [-0.05, 0) is 31.2 Å². The molecule has 2 aromatic rings. The predicted octanol–water partition coefficient (Wildman–Crippen LogP) is 0.00970. The third-order valence-corrected chi connectivity index (χ3v) is 3.44. The smallest absolute Gasteiger partial charge is 0.434 e. The second-order valence-corrected chi connectivity index (χ2v) is 5.67. The van der Waals surface area contributed by atoms with Gasteiger partial charge < -0.3 is 20.1 Å². The van der Waals surface area contributed by atoms with E-state index in [4.69, 9.17) is 4.74 Å². The van der Waals surface area contributed by atoms with Gasteiger partial charge in [0.25, 0.3) is 0 Å². The average Bonchev–Trinajstić information content (AvgIpc) is 2.93. The number of hydrogen-bond acceptors (Lipinski definition) is 7. The molecule has 0 saturated heterocycles. The van der Waals surface area contributed by atoms with Gasteiger partial charge in [0.15, 0.2) is 5.69 Å². The monoisotopic (exact) mass is 349 g/mol. The highest BCUT2D eigenvalue weighted by Gasteiger charge is 2.18. The first-order valence-corrected chi connectivity index (χ1v) is 7.39. The Balaban J connectivity index is 1.99. The van der Waals surface area contributed by atoms with Crippen molar-refractivity contribution in [3.05, 3.63) is 51.5 Å². The summed E-state index contributed by atoms with van der Waals surface area (Å²) in [7, 11) is 4.96. The van der Waals surface area contributed by atoms with Gasteiger partial charge in [0.1, 0.15) is 30.8 Å². The number of hydroxylamine groups is 1. The van der Waals surface area contributed by atoms with Gasteiger partial charge in [0.2, 0.25) is 0 Å². The van der Waals surface area contributed by atoms with Crippen LogP contribution in [0.15, 0.2) is 30.5 Å². The van der Waals surface area contributed by atoms with E-state index in [9.17, 15) is 20.1 Å². The number of ether oxygens (including phenoxy) is 1. The van der Waals surface area contributed by atoms with E-state index >= 15 is 0 Å². The van der Waals surface area contributed by atoms with Crippen LogP contribution < -0.4 is 9.80 Å². The number of nitrogens with zero attached hydrogens (tertiary/aromatic N) is 4. The lowest BCUT2D eigenvalue weighted by atomic mass is 10.3. The molecule has 134 valence electrons. The SMILES string of the molecule is CN(C)CC(=O)[NH+]([O-])c1ccc(OCc2cnc([N+](=O)[O-])n2C)cc1. The quantitative estimate of drug-likeness (QED) is 0.552. The molecule has 0 radical (unpaired) electrons. The number of aromatic nitrogens is 2. The molecule has 10 nitrogen and oxygen atoms in total. The maximum atomic E-state index is 12.0. The van der Waals surface area contributed by atoms with Gasteiger partial charge in [-0.1, -0.05) is 4.98 Å². The van der Waals surface area contributed by atoms with Crippen molar-refractivity contribution in [3.8, 4) is 5.75 Å². The molecule has 0 bridgehead atoms. The second-order valence-electron chi connectivity index (χ2n) is 5.67. The van der Waals surface area contributed by atoms with Crippen molar-refractivity contribution in [1.82, 2.24) is 14.5 Å². The molecule has 0 fully saturated rings. The van der Waals surface area contributed by atoms with Gasteiger partial charge in [-0.15, -0.1) is 0 Å². The van der Waals surface area contributed by atoms with Crippen molar-refractivity contribution in [2.45, 2.75) is 6.61 Å². The van der Waals surface area contributed by atoms with Crippen molar-refractivity contribution < 1.29 is 19.5 Å². The lowest BCUT2D eigenvalue weighted by Gasteiger charge is -2.21. The standard InChI is InChI=1S/C15H19N5O5/c1-17(2)9-14(21)19(22)11-4-6-13(7-5-11)25-10-12-8-16-15(18(12)3)20(23)24/h4-8,19H,9-10H2,1-3H3. The highest BCUT2D eigenvalue weighted by Crippen LogP contribution is 2.17. The van der Waals surface area contributed by atoms with Crippen LogP contribution in [0.2, 0.25) is 0 Å². The average molecular weight is 349 g/mol. The van der Waals surface area contributed by atoms with Crippen LogP contribution in [0.5, 0.6) is 5.75 Å². The third-order valence-electron chi connectivity index (χ3n) is 3.44. The molecule has 0 saturated carbocycles. The lowest BCUT2D eigenvalue weighted by Crippen LogP contribution is -3.06. The molecule has 0 spiro atoms. The van der Waals surface area contributed by atoms with Crippen LogP contribution in [0.1, 0.15) is 5.69 Å². The van der Waals surface area contributed by atoms with Crippen LogP contribution >= 0.6 is 0 Å².